The molecule has 1 fully saturated rings. The molecule has 0 bridgehead atoms. The van der Waals surface area contributed by atoms with Crippen LogP contribution in [-0.4, -0.2) is 30.6 Å². The Morgan fingerprint density at radius 3 is 3.00 bits per heavy atom. The first kappa shape index (κ1) is 13.4. The van der Waals surface area contributed by atoms with Gasteiger partial charge in [0.1, 0.15) is 6.04 Å². The summed E-state index contributed by atoms with van der Waals surface area (Å²) in [5.74, 6) is 0.0608. The predicted molar refractivity (Wildman–Crippen MR) is 74.5 cm³/mol. The van der Waals surface area contributed by atoms with Crippen LogP contribution < -0.4 is 10.2 Å². The van der Waals surface area contributed by atoms with Gasteiger partial charge in [-0.1, -0.05) is 6.07 Å². The standard InChI is InChI=1S/C13H17BrN2O2/c1-15-13(18)12-3-2-6-16(12)11-5-4-9(8-17)7-10(11)14/h4-5,7,12,17H,2-3,6,8H2,1H3,(H,15,18). The van der Waals surface area contributed by atoms with Crippen LogP contribution in [0.4, 0.5) is 5.69 Å². The lowest BCUT2D eigenvalue weighted by Crippen LogP contribution is -2.42. The molecule has 1 amide bonds. The Bertz CT molecular complexity index is 451. The molecule has 0 aromatic heterocycles. The van der Waals surface area contributed by atoms with Crippen molar-refractivity contribution in [1.82, 2.24) is 5.32 Å². The first-order valence-corrected chi connectivity index (χ1v) is 6.84. The molecular formula is C13H17BrN2O2. The van der Waals surface area contributed by atoms with Crippen molar-refractivity contribution < 1.29 is 9.90 Å². The molecule has 2 rings (SSSR count). The molecule has 4 nitrogen and oxygen atoms in total. The number of likely N-dealkylation sites (N-methyl/N-ethyl adjacent to an activating group) is 1. The summed E-state index contributed by atoms with van der Waals surface area (Å²) in [4.78, 5) is 13.9. The maximum Gasteiger partial charge on any atom is 0.242 e. The van der Waals surface area contributed by atoms with E-state index in [0.29, 0.717) is 0 Å². The average molecular weight is 313 g/mol. The zero-order valence-electron chi connectivity index (χ0n) is 10.3. The molecule has 1 unspecified atom stereocenters. The van der Waals surface area contributed by atoms with Gasteiger partial charge in [0.2, 0.25) is 5.91 Å². The minimum Gasteiger partial charge on any atom is -0.392 e. The van der Waals surface area contributed by atoms with E-state index in [1.165, 1.54) is 0 Å². The topological polar surface area (TPSA) is 52.6 Å². The first-order valence-electron chi connectivity index (χ1n) is 6.05. The summed E-state index contributed by atoms with van der Waals surface area (Å²) in [6, 6.07) is 5.65. The molecule has 18 heavy (non-hydrogen) atoms. The molecule has 98 valence electrons. The van der Waals surface area contributed by atoms with Gasteiger partial charge >= 0.3 is 0 Å². The molecule has 1 saturated heterocycles. The molecule has 0 radical (unpaired) electrons. The molecule has 0 saturated carbocycles. The number of carbonyl (C=O) groups excluding carboxylic acids is 1. The number of hydrogen-bond donors (Lipinski definition) is 2. The van der Waals surface area contributed by atoms with Crippen LogP contribution in [0.1, 0.15) is 18.4 Å². The van der Waals surface area contributed by atoms with Crippen LogP contribution in [-0.2, 0) is 11.4 Å². The van der Waals surface area contributed by atoms with E-state index in [1.54, 1.807) is 7.05 Å². The van der Waals surface area contributed by atoms with Gasteiger partial charge in [0, 0.05) is 18.1 Å². The van der Waals surface area contributed by atoms with Crippen molar-refractivity contribution in [1.29, 1.82) is 0 Å². The molecule has 5 heteroatoms. The van der Waals surface area contributed by atoms with Crippen LogP contribution in [0, 0.1) is 0 Å². The third-order valence-electron chi connectivity index (χ3n) is 3.31. The summed E-state index contributed by atoms with van der Waals surface area (Å²) in [6.45, 7) is 0.910. The van der Waals surface area contributed by atoms with Gasteiger partial charge in [-0.15, -0.1) is 0 Å². The number of aliphatic hydroxyl groups is 1. The number of nitrogens with one attached hydrogen (secondary N) is 1. The predicted octanol–water partition coefficient (Wildman–Crippen LogP) is 1.66. The fourth-order valence-corrected chi connectivity index (χ4v) is 3.03. The van der Waals surface area contributed by atoms with Crippen molar-refractivity contribution in [3.63, 3.8) is 0 Å². The van der Waals surface area contributed by atoms with Crippen molar-refractivity contribution >= 4 is 27.5 Å². The van der Waals surface area contributed by atoms with Gasteiger partial charge in [-0.25, -0.2) is 0 Å². The summed E-state index contributed by atoms with van der Waals surface area (Å²) in [5.41, 5.74) is 1.87. The molecule has 1 aromatic carbocycles. The van der Waals surface area contributed by atoms with Gasteiger partial charge in [0.05, 0.1) is 12.3 Å². The Morgan fingerprint density at radius 2 is 2.39 bits per heavy atom. The Morgan fingerprint density at radius 1 is 1.61 bits per heavy atom. The number of benzene rings is 1. The lowest BCUT2D eigenvalue weighted by Gasteiger charge is -2.26. The molecule has 2 N–H and O–H groups in total. The van der Waals surface area contributed by atoms with Crippen LogP contribution in [0.25, 0.3) is 0 Å². The highest BCUT2D eigenvalue weighted by molar-refractivity contribution is 9.10. The normalized spacial score (nSPS) is 19.1. The summed E-state index contributed by atoms with van der Waals surface area (Å²) < 4.78 is 0.921. The van der Waals surface area contributed by atoms with Gasteiger partial charge in [-0.05, 0) is 46.5 Å². The number of hydrogen-bond acceptors (Lipinski definition) is 3. The summed E-state index contributed by atoms with van der Waals surface area (Å²) in [5, 5.41) is 11.8. The summed E-state index contributed by atoms with van der Waals surface area (Å²) in [7, 11) is 1.67. The van der Waals surface area contributed by atoms with E-state index in [0.717, 1.165) is 35.1 Å². The molecule has 1 atom stereocenters. The molecule has 1 aliphatic rings. The van der Waals surface area contributed by atoms with Crippen molar-refractivity contribution in [2.45, 2.75) is 25.5 Å². The van der Waals surface area contributed by atoms with Gasteiger partial charge in [0.25, 0.3) is 0 Å². The molecule has 0 aliphatic carbocycles. The van der Waals surface area contributed by atoms with Crippen LogP contribution in [0.5, 0.6) is 0 Å². The highest BCUT2D eigenvalue weighted by Crippen LogP contribution is 2.32. The maximum atomic E-state index is 11.8. The summed E-state index contributed by atoms with van der Waals surface area (Å²) >= 11 is 3.51. The first-order chi connectivity index (χ1) is 8.67. The van der Waals surface area contributed by atoms with Gasteiger partial charge in [-0.2, -0.15) is 0 Å². The zero-order valence-corrected chi connectivity index (χ0v) is 11.9. The van der Waals surface area contributed by atoms with E-state index in [-0.39, 0.29) is 18.6 Å². The molecule has 1 heterocycles. The molecule has 0 spiro atoms. The van der Waals surface area contributed by atoms with E-state index >= 15 is 0 Å². The lowest BCUT2D eigenvalue weighted by atomic mass is 10.1. The average Bonchev–Trinajstić information content (AvgIpc) is 2.86. The van der Waals surface area contributed by atoms with E-state index in [1.807, 2.05) is 18.2 Å². The van der Waals surface area contributed by atoms with Crippen LogP contribution in [0.3, 0.4) is 0 Å². The Labute approximate surface area is 115 Å². The number of aliphatic hydroxyl groups excluding tert-OH is 1. The lowest BCUT2D eigenvalue weighted by molar-refractivity contribution is -0.121. The second-order valence-electron chi connectivity index (χ2n) is 4.41. The number of halogens is 1. The number of anilines is 1. The van der Waals surface area contributed by atoms with Crippen molar-refractivity contribution in [3.05, 3.63) is 28.2 Å². The molecular weight excluding hydrogens is 296 g/mol. The van der Waals surface area contributed by atoms with Gasteiger partial charge < -0.3 is 15.3 Å². The minimum absolute atomic E-state index is 0.0256. The largest absolute Gasteiger partial charge is 0.392 e. The summed E-state index contributed by atoms with van der Waals surface area (Å²) in [6.07, 6.45) is 1.90. The maximum absolute atomic E-state index is 11.8. The van der Waals surface area contributed by atoms with Crippen molar-refractivity contribution in [3.8, 4) is 0 Å². The zero-order chi connectivity index (χ0) is 13.1. The highest BCUT2D eigenvalue weighted by Gasteiger charge is 2.31. The third-order valence-corrected chi connectivity index (χ3v) is 3.94. The smallest absolute Gasteiger partial charge is 0.242 e. The van der Waals surface area contributed by atoms with Gasteiger partial charge in [-0.3, -0.25) is 4.79 Å². The van der Waals surface area contributed by atoms with E-state index < -0.39 is 0 Å². The highest BCUT2D eigenvalue weighted by atomic mass is 79.9. The Kier molecular flexibility index (Phi) is 4.24. The number of amides is 1. The number of rotatable bonds is 3. The SMILES string of the molecule is CNC(=O)C1CCCN1c1ccc(CO)cc1Br. The van der Waals surface area contributed by atoms with Crippen molar-refractivity contribution in [2.75, 3.05) is 18.5 Å². The molecule has 1 aliphatic heterocycles. The van der Waals surface area contributed by atoms with E-state index in [4.69, 9.17) is 5.11 Å². The van der Waals surface area contributed by atoms with Crippen LogP contribution in [0.2, 0.25) is 0 Å². The number of carbonyl (C=O) groups is 1. The van der Waals surface area contributed by atoms with Crippen LogP contribution in [0.15, 0.2) is 22.7 Å². The van der Waals surface area contributed by atoms with E-state index in [9.17, 15) is 4.79 Å². The monoisotopic (exact) mass is 312 g/mol. The second-order valence-corrected chi connectivity index (χ2v) is 5.26. The Balaban J connectivity index is 2.27. The Hall–Kier alpha value is -1.07. The molecule has 1 aromatic rings. The third kappa shape index (κ3) is 2.52. The second kappa shape index (κ2) is 5.71. The van der Waals surface area contributed by atoms with Crippen molar-refractivity contribution in [2.24, 2.45) is 0 Å². The fraction of sp³-hybridized carbons (Fsp3) is 0.462. The van der Waals surface area contributed by atoms with E-state index in [2.05, 4.69) is 26.1 Å². The minimum atomic E-state index is -0.0914. The fourth-order valence-electron chi connectivity index (χ4n) is 2.38. The van der Waals surface area contributed by atoms with Crippen LogP contribution >= 0.6 is 15.9 Å². The van der Waals surface area contributed by atoms with Gasteiger partial charge in [0.15, 0.2) is 0 Å². The number of nitrogens with zero attached hydrogens (tertiary/aromatic N) is 1. The quantitative estimate of drug-likeness (QED) is 0.892.